The number of carbonyl (C=O) groups is 2. The first kappa shape index (κ1) is 14.4. The average molecular weight is 302 g/mol. The van der Waals surface area contributed by atoms with Crippen molar-refractivity contribution in [3.05, 3.63) is 17.8 Å². The Morgan fingerprint density at radius 1 is 1.50 bits per heavy atom. The Kier molecular flexibility index (Phi) is 3.74. The minimum absolute atomic E-state index is 0.118. The molecule has 2 aromatic rings. The first-order valence-corrected chi connectivity index (χ1v) is 7.28. The standard InChI is InChI=1S/C14H18N6O2/c1-9(8-20-5-3-4-12(20)21)16-14(22)10-6-11-13(15-7-10)19(2)18-17-11/h6-7,9H,3-5,8H2,1-2H3,(H,16,22). The Labute approximate surface area is 127 Å². The molecule has 2 amide bonds. The summed E-state index contributed by atoms with van der Waals surface area (Å²) in [5.41, 5.74) is 1.65. The second-order valence-corrected chi connectivity index (χ2v) is 5.60. The van der Waals surface area contributed by atoms with Crippen LogP contribution in [0.4, 0.5) is 0 Å². The molecule has 0 aromatic carbocycles. The first-order chi connectivity index (χ1) is 10.5. The van der Waals surface area contributed by atoms with Gasteiger partial charge in [-0.25, -0.2) is 9.67 Å². The van der Waals surface area contributed by atoms with Gasteiger partial charge in [0.25, 0.3) is 5.91 Å². The van der Waals surface area contributed by atoms with Gasteiger partial charge in [-0.3, -0.25) is 9.59 Å². The smallest absolute Gasteiger partial charge is 0.253 e. The second kappa shape index (κ2) is 5.70. The van der Waals surface area contributed by atoms with Crippen LogP contribution in [0, 0.1) is 0 Å². The van der Waals surface area contributed by atoms with Gasteiger partial charge in [-0.05, 0) is 19.4 Å². The fraction of sp³-hybridized carbons (Fsp3) is 0.500. The summed E-state index contributed by atoms with van der Waals surface area (Å²) in [6, 6.07) is 1.55. The number of aryl methyl sites for hydroxylation is 1. The summed E-state index contributed by atoms with van der Waals surface area (Å²) >= 11 is 0. The molecule has 1 atom stereocenters. The van der Waals surface area contributed by atoms with Gasteiger partial charge in [0.05, 0.1) is 5.56 Å². The lowest BCUT2D eigenvalue weighted by atomic mass is 10.2. The Balaban J connectivity index is 1.65. The lowest BCUT2D eigenvalue weighted by Crippen LogP contribution is -2.42. The van der Waals surface area contributed by atoms with E-state index in [4.69, 9.17) is 0 Å². The minimum Gasteiger partial charge on any atom is -0.348 e. The molecule has 8 heteroatoms. The molecule has 0 radical (unpaired) electrons. The number of fused-ring (bicyclic) bond motifs is 1. The van der Waals surface area contributed by atoms with Crippen molar-refractivity contribution in [2.45, 2.75) is 25.8 Å². The lowest BCUT2D eigenvalue weighted by molar-refractivity contribution is -0.127. The predicted molar refractivity (Wildman–Crippen MR) is 79.0 cm³/mol. The highest BCUT2D eigenvalue weighted by Crippen LogP contribution is 2.11. The summed E-state index contributed by atoms with van der Waals surface area (Å²) in [7, 11) is 1.75. The monoisotopic (exact) mass is 302 g/mol. The van der Waals surface area contributed by atoms with E-state index in [2.05, 4.69) is 20.6 Å². The van der Waals surface area contributed by atoms with Gasteiger partial charge < -0.3 is 10.2 Å². The number of likely N-dealkylation sites (tertiary alicyclic amines) is 1. The van der Waals surface area contributed by atoms with Crippen molar-refractivity contribution in [2.24, 2.45) is 7.05 Å². The third-order valence-corrected chi connectivity index (χ3v) is 3.75. The highest BCUT2D eigenvalue weighted by Gasteiger charge is 2.22. The zero-order chi connectivity index (χ0) is 15.7. The fourth-order valence-corrected chi connectivity index (χ4v) is 2.63. The molecule has 22 heavy (non-hydrogen) atoms. The van der Waals surface area contributed by atoms with Crippen LogP contribution in [-0.4, -0.2) is 55.8 Å². The number of amides is 2. The maximum absolute atomic E-state index is 12.3. The molecule has 0 bridgehead atoms. The van der Waals surface area contributed by atoms with Crippen LogP contribution < -0.4 is 5.32 Å². The number of hydrogen-bond donors (Lipinski definition) is 1. The van der Waals surface area contributed by atoms with Gasteiger partial charge in [0.1, 0.15) is 5.52 Å². The zero-order valence-electron chi connectivity index (χ0n) is 12.6. The summed E-state index contributed by atoms with van der Waals surface area (Å²) in [5.74, 6) is -0.0667. The maximum atomic E-state index is 12.3. The first-order valence-electron chi connectivity index (χ1n) is 7.28. The largest absolute Gasteiger partial charge is 0.348 e. The van der Waals surface area contributed by atoms with Crippen LogP contribution in [0.2, 0.25) is 0 Å². The van der Waals surface area contributed by atoms with Crippen molar-refractivity contribution in [2.75, 3.05) is 13.1 Å². The Bertz CT molecular complexity index is 725. The Morgan fingerprint density at radius 3 is 3.05 bits per heavy atom. The van der Waals surface area contributed by atoms with Gasteiger partial charge in [0.2, 0.25) is 5.91 Å². The van der Waals surface area contributed by atoms with Gasteiger partial charge in [-0.2, -0.15) is 0 Å². The topological polar surface area (TPSA) is 93.0 Å². The molecule has 1 aliphatic rings. The summed E-state index contributed by atoms with van der Waals surface area (Å²) in [6.45, 7) is 3.19. The summed E-state index contributed by atoms with van der Waals surface area (Å²) in [5, 5.41) is 10.7. The third kappa shape index (κ3) is 2.76. The van der Waals surface area contributed by atoms with Crippen molar-refractivity contribution in [3.63, 3.8) is 0 Å². The summed E-state index contributed by atoms with van der Waals surface area (Å²) in [6.07, 6.45) is 3.01. The number of pyridine rings is 1. The van der Waals surface area contributed by atoms with Gasteiger partial charge in [0, 0.05) is 38.8 Å². The van der Waals surface area contributed by atoms with Gasteiger partial charge in [-0.1, -0.05) is 5.21 Å². The van der Waals surface area contributed by atoms with E-state index in [0.29, 0.717) is 29.7 Å². The van der Waals surface area contributed by atoms with Crippen molar-refractivity contribution in [1.29, 1.82) is 0 Å². The molecular weight excluding hydrogens is 284 g/mol. The molecule has 8 nitrogen and oxygen atoms in total. The van der Waals surface area contributed by atoms with E-state index in [1.54, 1.807) is 22.7 Å². The molecule has 1 unspecified atom stereocenters. The summed E-state index contributed by atoms with van der Waals surface area (Å²) < 4.78 is 1.55. The molecule has 116 valence electrons. The molecular formula is C14H18N6O2. The predicted octanol–water partition coefficient (Wildman–Crippen LogP) is 0.104. The molecule has 0 spiro atoms. The van der Waals surface area contributed by atoms with Gasteiger partial charge in [-0.15, -0.1) is 5.10 Å². The van der Waals surface area contributed by atoms with Gasteiger partial charge in [0.15, 0.2) is 5.65 Å². The molecule has 1 saturated heterocycles. The van der Waals surface area contributed by atoms with E-state index < -0.39 is 0 Å². The molecule has 0 saturated carbocycles. The van der Waals surface area contributed by atoms with Crippen LogP contribution in [-0.2, 0) is 11.8 Å². The number of nitrogens with one attached hydrogen (secondary N) is 1. The summed E-state index contributed by atoms with van der Waals surface area (Å²) in [4.78, 5) is 29.8. The highest BCUT2D eigenvalue weighted by atomic mass is 16.2. The van der Waals surface area contributed by atoms with Crippen LogP contribution in [0.3, 0.4) is 0 Å². The SMILES string of the molecule is CC(CN1CCCC1=O)NC(=O)c1cnc2c(c1)nnn2C. The molecule has 0 aliphatic carbocycles. The minimum atomic E-state index is -0.223. The van der Waals surface area contributed by atoms with E-state index >= 15 is 0 Å². The normalized spacial score (nSPS) is 16.3. The lowest BCUT2D eigenvalue weighted by Gasteiger charge is -2.21. The van der Waals surface area contributed by atoms with Crippen LogP contribution >= 0.6 is 0 Å². The van der Waals surface area contributed by atoms with Crippen molar-refractivity contribution < 1.29 is 9.59 Å². The zero-order valence-corrected chi connectivity index (χ0v) is 12.6. The maximum Gasteiger partial charge on any atom is 0.253 e. The highest BCUT2D eigenvalue weighted by molar-refractivity contribution is 5.96. The van der Waals surface area contributed by atoms with E-state index in [1.807, 2.05) is 6.92 Å². The van der Waals surface area contributed by atoms with Crippen LogP contribution in [0.15, 0.2) is 12.3 Å². The molecule has 2 aromatic heterocycles. The quantitative estimate of drug-likeness (QED) is 0.865. The number of aromatic nitrogens is 4. The van der Waals surface area contributed by atoms with Crippen LogP contribution in [0.5, 0.6) is 0 Å². The fourth-order valence-electron chi connectivity index (χ4n) is 2.63. The molecule has 3 rings (SSSR count). The second-order valence-electron chi connectivity index (χ2n) is 5.60. The molecule has 1 fully saturated rings. The molecule has 1 aliphatic heterocycles. The van der Waals surface area contributed by atoms with Crippen LogP contribution in [0.25, 0.3) is 11.2 Å². The number of hydrogen-bond acceptors (Lipinski definition) is 5. The van der Waals surface area contributed by atoms with Crippen molar-refractivity contribution >= 4 is 23.0 Å². The van der Waals surface area contributed by atoms with E-state index in [0.717, 1.165) is 13.0 Å². The third-order valence-electron chi connectivity index (χ3n) is 3.75. The Morgan fingerprint density at radius 2 is 2.32 bits per heavy atom. The number of nitrogens with zero attached hydrogens (tertiary/aromatic N) is 5. The average Bonchev–Trinajstić information content (AvgIpc) is 3.05. The molecule has 1 N–H and O–H groups in total. The van der Waals surface area contributed by atoms with Gasteiger partial charge >= 0.3 is 0 Å². The number of rotatable bonds is 4. The number of carbonyl (C=O) groups excluding carboxylic acids is 2. The van der Waals surface area contributed by atoms with Crippen molar-refractivity contribution in [1.82, 2.24) is 30.2 Å². The van der Waals surface area contributed by atoms with E-state index in [1.165, 1.54) is 6.20 Å². The Hall–Kier alpha value is -2.51. The molecule has 3 heterocycles. The van der Waals surface area contributed by atoms with Crippen molar-refractivity contribution in [3.8, 4) is 0 Å². The van der Waals surface area contributed by atoms with E-state index in [-0.39, 0.29) is 17.9 Å². The van der Waals surface area contributed by atoms with Crippen LogP contribution in [0.1, 0.15) is 30.1 Å². The van der Waals surface area contributed by atoms with E-state index in [9.17, 15) is 9.59 Å².